The van der Waals surface area contributed by atoms with Crippen LogP contribution in [0.1, 0.15) is 59.4 Å². The summed E-state index contributed by atoms with van der Waals surface area (Å²) in [4.78, 5) is 11.4. The quantitative estimate of drug-likeness (QED) is 0.119. The standard InChI is InChI=1S/C19H26N6O2.C6H4ClFS.C3H8.C2H6/c1-12(20)16-17(22)23-18(13-2-4-14(21)5-3-13)24-19(16)27-15-6-8-25(9-7-15)10-11-26;7-4-1-2-5(8)6(9)3-4;1-3-2;1-2/h2-5,15,20,26H,6-11,21H2,1H3,(H2,22,23,24);1-3,9H;3H2,1-2H3;1-2H3. The number of ether oxygens (including phenoxy) is 1. The van der Waals surface area contributed by atoms with E-state index in [0.717, 1.165) is 31.5 Å². The van der Waals surface area contributed by atoms with Crippen molar-refractivity contribution in [1.29, 1.82) is 5.41 Å². The third-order valence-electron chi connectivity index (χ3n) is 5.59. The zero-order chi connectivity index (χ0) is 30.9. The molecule has 0 radical (unpaired) electrons. The molecule has 2 heterocycles. The molecule has 0 amide bonds. The summed E-state index contributed by atoms with van der Waals surface area (Å²) in [5.41, 5.74) is 14.0. The number of hydrogen-bond acceptors (Lipinski definition) is 9. The fourth-order valence-electron chi connectivity index (χ4n) is 3.69. The third kappa shape index (κ3) is 12.2. The Morgan fingerprint density at radius 3 is 2.20 bits per heavy atom. The van der Waals surface area contributed by atoms with Crippen LogP contribution in [0.15, 0.2) is 47.4 Å². The largest absolute Gasteiger partial charge is 0.474 e. The Labute approximate surface area is 254 Å². The predicted octanol–water partition coefficient (Wildman–Crippen LogP) is 6.74. The normalized spacial score (nSPS) is 13.0. The van der Waals surface area contributed by atoms with Crippen molar-refractivity contribution in [1.82, 2.24) is 14.9 Å². The fraction of sp³-hybridized carbons (Fsp3) is 0.433. The first kappa shape index (κ1) is 36.1. The van der Waals surface area contributed by atoms with Crippen molar-refractivity contribution in [3.05, 3.63) is 58.9 Å². The predicted molar refractivity (Wildman–Crippen MR) is 172 cm³/mol. The third-order valence-corrected chi connectivity index (χ3v) is 6.16. The molecule has 1 aromatic heterocycles. The lowest BCUT2D eigenvalue weighted by Gasteiger charge is -2.31. The molecule has 3 aromatic rings. The van der Waals surface area contributed by atoms with Crippen molar-refractivity contribution >= 4 is 41.4 Å². The minimum atomic E-state index is -0.345. The number of likely N-dealkylation sites (tertiary alicyclic amines) is 1. The summed E-state index contributed by atoms with van der Waals surface area (Å²) in [6.07, 6.45) is 2.90. The molecule has 41 heavy (non-hydrogen) atoms. The summed E-state index contributed by atoms with van der Waals surface area (Å²) in [6.45, 7) is 12.5. The Balaban J connectivity index is 0.000000498. The van der Waals surface area contributed by atoms with E-state index < -0.39 is 0 Å². The topological polar surface area (TPSA) is 134 Å². The van der Waals surface area contributed by atoms with Gasteiger partial charge in [-0.25, -0.2) is 9.37 Å². The average Bonchev–Trinajstić information content (AvgIpc) is 2.94. The number of nitrogens with one attached hydrogen (secondary N) is 1. The SMILES string of the molecule is CC.CC(=N)c1c(N)nc(-c2ccc(N)cc2)nc1OC1CCN(CCO)CC1.CCC.Fc1ccc(Cl)cc1S. The van der Waals surface area contributed by atoms with Gasteiger partial charge in [0.2, 0.25) is 5.88 Å². The Kier molecular flexibility index (Phi) is 16.9. The summed E-state index contributed by atoms with van der Waals surface area (Å²) in [5.74, 6) is 0.687. The molecular weight excluding hydrogens is 563 g/mol. The second kappa shape index (κ2) is 19.2. The van der Waals surface area contributed by atoms with Crippen LogP contribution in [-0.4, -0.2) is 58.0 Å². The minimum Gasteiger partial charge on any atom is -0.474 e. The van der Waals surface area contributed by atoms with Crippen molar-refractivity contribution in [3.8, 4) is 17.3 Å². The smallest absolute Gasteiger partial charge is 0.228 e. The van der Waals surface area contributed by atoms with E-state index in [1.54, 1.807) is 19.1 Å². The molecule has 6 N–H and O–H groups in total. The van der Waals surface area contributed by atoms with E-state index in [1.165, 1.54) is 24.6 Å². The van der Waals surface area contributed by atoms with E-state index in [4.69, 9.17) is 38.3 Å². The maximum Gasteiger partial charge on any atom is 0.228 e. The highest BCUT2D eigenvalue weighted by molar-refractivity contribution is 7.80. The average molecular weight is 607 g/mol. The maximum absolute atomic E-state index is 12.4. The Morgan fingerprint density at radius 1 is 1.12 bits per heavy atom. The number of nitrogens with two attached hydrogens (primary N) is 2. The molecule has 4 rings (SSSR count). The van der Waals surface area contributed by atoms with Crippen molar-refractivity contribution in [2.45, 2.75) is 64.9 Å². The molecule has 11 heteroatoms. The Bertz CT molecular complexity index is 1210. The van der Waals surface area contributed by atoms with Crippen LogP contribution < -0.4 is 16.2 Å². The first-order chi connectivity index (χ1) is 19.6. The van der Waals surface area contributed by atoms with Crippen molar-refractivity contribution in [3.63, 3.8) is 0 Å². The second-order valence-corrected chi connectivity index (χ2v) is 9.96. The summed E-state index contributed by atoms with van der Waals surface area (Å²) >= 11 is 9.31. The summed E-state index contributed by atoms with van der Waals surface area (Å²) in [7, 11) is 0. The van der Waals surface area contributed by atoms with Gasteiger partial charge in [0.05, 0.1) is 12.2 Å². The van der Waals surface area contributed by atoms with Crippen LogP contribution in [0.25, 0.3) is 11.4 Å². The van der Waals surface area contributed by atoms with Gasteiger partial charge in [-0.1, -0.05) is 45.7 Å². The van der Waals surface area contributed by atoms with E-state index in [9.17, 15) is 4.39 Å². The number of benzene rings is 2. The summed E-state index contributed by atoms with van der Waals surface area (Å²) in [6, 6.07) is 11.4. The summed E-state index contributed by atoms with van der Waals surface area (Å²) in [5, 5.41) is 17.6. The monoisotopic (exact) mass is 606 g/mol. The van der Waals surface area contributed by atoms with Crippen LogP contribution >= 0.6 is 24.2 Å². The van der Waals surface area contributed by atoms with E-state index in [0.29, 0.717) is 34.5 Å². The lowest BCUT2D eigenvalue weighted by molar-refractivity contribution is 0.0857. The fourth-order valence-corrected chi connectivity index (χ4v) is 4.15. The number of hydrogen-bond donors (Lipinski definition) is 5. The van der Waals surface area contributed by atoms with Gasteiger partial charge in [-0.05, 0) is 62.2 Å². The van der Waals surface area contributed by atoms with Gasteiger partial charge < -0.3 is 31.6 Å². The number of piperidine rings is 1. The highest BCUT2D eigenvalue weighted by atomic mass is 35.5. The first-order valence-electron chi connectivity index (χ1n) is 13.8. The van der Waals surface area contributed by atoms with Gasteiger partial charge in [-0.15, -0.1) is 12.6 Å². The number of aromatic nitrogens is 2. The van der Waals surface area contributed by atoms with E-state index >= 15 is 0 Å². The van der Waals surface area contributed by atoms with Gasteiger partial charge in [0.25, 0.3) is 0 Å². The molecule has 226 valence electrons. The highest BCUT2D eigenvalue weighted by Gasteiger charge is 2.24. The number of anilines is 2. The number of aliphatic hydroxyl groups is 1. The van der Waals surface area contributed by atoms with Gasteiger partial charge in [-0.3, -0.25) is 0 Å². The molecule has 0 atom stereocenters. The zero-order valence-corrected chi connectivity index (χ0v) is 26.3. The molecule has 0 spiro atoms. The molecule has 1 aliphatic rings. The van der Waals surface area contributed by atoms with Crippen molar-refractivity contribution < 1.29 is 14.2 Å². The molecule has 0 bridgehead atoms. The van der Waals surface area contributed by atoms with Crippen LogP contribution in [0.3, 0.4) is 0 Å². The molecule has 2 aromatic carbocycles. The Morgan fingerprint density at radius 2 is 1.71 bits per heavy atom. The molecule has 1 saturated heterocycles. The second-order valence-electron chi connectivity index (χ2n) is 9.04. The molecular formula is C30H44ClFN6O2S. The first-order valence-corrected chi connectivity index (χ1v) is 14.6. The molecule has 0 unspecified atom stereocenters. The Hall–Kier alpha value is -2.92. The molecule has 1 fully saturated rings. The maximum atomic E-state index is 12.4. The number of nitrogen functional groups attached to an aromatic ring is 2. The van der Waals surface area contributed by atoms with Crippen molar-refractivity contribution in [2.24, 2.45) is 0 Å². The van der Waals surface area contributed by atoms with E-state index in [2.05, 4.69) is 41.3 Å². The lowest BCUT2D eigenvalue weighted by Crippen LogP contribution is -2.39. The highest BCUT2D eigenvalue weighted by Crippen LogP contribution is 2.29. The molecule has 0 aliphatic carbocycles. The number of halogens is 2. The lowest BCUT2D eigenvalue weighted by atomic mass is 10.1. The van der Waals surface area contributed by atoms with E-state index in [1.807, 2.05) is 26.0 Å². The van der Waals surface area contributed by atoms with Crippen LogP contribution in [0.5, 0.6) is 5.88 Å². The van der Waals surface area contributed by atoms with E-state index in [-0.39, 0.29) is 35.0 Å². The van der Waals surface area contributed by atoms with Crippen molar-refractivity contribution in [2.75, 3.05) is 37.7 Å². The van der Waals surface area contributed by atoms with Crippen LogP contribution in [0.4, 0.5) is 15.9 Å². The number of nitrogens with zero attached hydrogens (tertiary/aromatic N) is 3. The van der Waals surface area contributed by atoms with Crippen LogP contribution in [0.2, 0.25) is 5.02 Å². The van der Waals surface area contributed by atoms with Gasteiger partial charge in [0.15, 0.2) is 5.82 Å². The molecule has 8 nitrogen and oxygen atoms in total. The minimum absolute atomic E-state index is 0.00777. The van der Waals surface area contributed by atoms with Gasteiger partial charge >= 0.3 is 0 Å². The number of β-amino-alcohol motifs (C(OH)–C–C–N with tert-alkyl or cyclic N) is 1. The molecule has 0 saturated carbocycles. The molecule has 1 aliphatic heterocycles. The van der Waals surface area contributed by atoms with Crippen LogP contribution in [0, 0.1) is 11.2 Å². The van der Waals surface area contributed by atoms with Gasteiger partial charge in [0.1, 0.15) is 17.7 Å². The number of thiol groups is 1. The summed E-state index contributed by atoms with van der Waals surface area (Å²) < 4.78 is 18.5. The van der Waals surface area contributed by atoms with Gasteiger partial charge in [0, 0.05) is 46.5 Å². The number of aliphatic hydroxyl groups excluding tert-OH is 1. The van der Waals surface area contributed by atoms with Gasteiger partial charge in [-0.2, -0.15) is 4.98 Å². The zero-order valence-electron chi connectivity index (χ0n) is 24.6. The van der Waals surface area contributed by atoms with Crippen LogP contribution in [-0.2, 0) is 0 Å². The number of rotatable bonds is 6.